The molecule has 2 rings (SSSR count). The van der Waals surface area contributed by atoms with Crippen molar-refractivity contribution in [3.63, 3.8) is 0 Å². The summed E-state index contributed by atoms with van der Waals surface area (Å²) in [5.74, 6) is -6.17. The molecule has 3 nitrogen and oxygen atoms in total. The Morgan fingerprint density at radius 2 is 1.81 bits per heavy atom. The second-order valence-corrected chi connectivity index (χ2v) is 4.66. The van der Waals surface area contributed by atoms with Gasteiger partial charge in [-0.15, -0.1) is 0 Å². The summed E-state index contributed by atoms with van der Waals surface area (Å²) >= 11 is 0. The zero-order valence-electron chi connectivity index (χ0n) is 11.1. The van der Waals surface area contributed by atoms with Crippen molar-refractivity contribution in [3.8, 4) is 0 Å². The molecule has 0 spiro atoms. The van der Waals surface area contributed by atoms with Crippen LogP contribution in [0.1, 0.15) is 29.5 Å². The lowest BCUT2D eigenvalue weighted by molar-refractivity contribution is -0.289. The number of carbonyl (C=O) groups is 1. The highest BCUT2D eigenvalue weighted by atomic mass is 19.4. The first-order valence-electron chi connectivity index (χ1n) is 5.96. The average molecular weight is 306 g/mol. The maximum Gasteiger partial charge on any atom is 0.458 e. The molecule has 1 aromatic carbocycles. The number of amidine groups is 1. The third-order valence-corrected chi connectivity index (χ3v) is 3.35. The van der Waals surface area contributed by atoms with Crippen molar-refractivity contribution in [3.05, 3.63) is 34.9 Å². The number of fused-ring (bicyclic) bond motifs is 1. The molecule has 1 amide bonds. The monoisotopic (exact) mass is 306 g/mol. The Kier molecular flexibility index (Phi) is 3.51. The molecule has 21 heavy (non-hydrogen) atoms. The van der Waals surface area contributed by atoms with Gasteiger partial charge < -0.3 is 5.32 Å². The van der Waals surface area contributed by atoms with E-state index in [-0.39, 0.29) is 11.4 Å². The number of aliphatic imine (C=N–C) groups is 1. The third-order valence-electron chi connectivity index (χ3n) is 3.35. The molecule has 8 heteroatoms. The fourth-order valence-electron chi connectivity index (χ4n) is 2.11. The predicted octanol–water partition coefficient (Wildman–Crippen LogP) is 2.95. The Morgan fingerprint density at radius 1 is 1.19 bits per heavy atom. The van der Waals surface area contributed by atoms with E-state index in [1.54, 1.807) is 0 Å². The van der Waals surface area contributed by atoms with Crippen LogP contribution in [0.3, 0.4) is 0 Å². The van der Waals surface area contributed by atoms with Crippen molar-refractivity contribution in [1.29, 1.82) is 0 Å². The van der Waals surface area contributed by atoms with Crippen LogP contribution in [-0.2, 0) is 10.7 Å². The van der Waals surface area contributed by atoms with Crippen molar-refractivity contribution in [2.24, 2.45) is 4.99 Å². The van der Waals surface area contributed by atoms with Gasteiger partial charge in [0, 0.05) is 18.2 Å². The van der Waals surface area contributed by atoms with Gasteiger partial charge in [0.05, 0.1) is 5.92 Å². The lowest BCUT2D eigenvalue weighted by atomic mass is 9.88. The van der Waals surface area contributed by atoms with E-state index >= 15 is 0 Å². The lowest BCUT2D eigenvalue weighted by Crippen LogP contribution is -2.40. The van der Waals surface area contributed by atoms with Crippen molar-refractivity contribution < 1.29 is 26.7 Å². The van der Waals surface area contributed by atoms with Crippen LogP contribution >= 0.6 is 0 Å². The number of hydrogen-bond acceptors (Lipinski definition) is 2. The van der Waals surface area contributed by atoms with Gasteiger partial charge in [0.15, 0.2) is 0 Å². The molecule has 1 heterocycles. The maximum atomic E-state index is 13.4. The van der Waals surface area contributed by atoms with Gasteiger partial charge in [-0.3, -0.25) is 9.79 Å². The number of rotatable bonds is 1. The molecule has 0 radical (unpaired) electrons. The van der Waals surface area contributed by atoms with Crippen LogP contribution in [0.2, 0.25) is 0 Å². The topological polar surface area (TPSA) is 41.5 Å². The van der Waals surface area contributed by atoms with E-state index in [1.165, 1.54) is 14.0 Å². The van der Waals surface area contributed by atoms with E-state index in [1.807, 2.05) is 0 Å². The van der Waals surface area contributed by atoms with E-state index in [0.717, 1.165) is 12.1 Å². The molecular weight excluding hydrogens is 295 g/mol. The average Bonchev–Trinajstić information content (AvgIpc) is 2.41. The van der Waals surface area contributed by atoms with Crippen LogP contribution in [0.15, 0.2) is 23.2 Å². The summed E-state index contributed by atoms with van der Waals surface area (Å²) in [5, 5.41) is 2.46. The minimum absolute atomic E-state index is 0.0979. The summed E-state index contributed by atoms with van der Waals surface area (Å²) in [7, 11) is 1.38. The van der Waals surface area contributed by atoms with E-state index in [2.05, 4.69) is 10.3 Å². The summed E-state index contributed by atoms with van der Waals surface area (Å²) < 4.78 is 64.0. The summed E-state index contributed by atoms with van der Waals surface area (Å²) in [6, 6.07) is 2.53. The van der Waals surface area contributed by atoms with Gasteiger partial charge in [-0.1, -0.05) is 12.1 Å². The molecule has 1 N–H and O–H groups in total. The first-order chi connectivity index (χ1) is 9.59. The van der Waals surface area contributed by atoms with Crippen LogP contribution < -0.4 is 5.32 Å². The molecule has 0 bridgehead atoms. The first kappa shape index (κ1) is 15.4. The van der Waals surface area contributed by atoms with Crippen molar-refractivity contribution in [2.75, 3.05) is 7.05 Å². The Balaban J connectivity index is 2.60. The van der Waals surface area contributed by atoms with Crippen molar-refractivity contribution in [1.82, 2.24) is 5.32 Å². The number of hydrogen-bond donors (Lipinski definition) is 1. The molecule has 0 saturated carbocycles. The number of nitrogens with zero attached hydrogens (tertiary/aromatic N) is 1. The molecule has 1 atom stereocenters. The molecule has 0 saturated heterocycles. The van der Waals surface area contributed by atoms with Gasteiger partial charge in [-0.2, -0.15) is 22.0 Å². The number of benzene rings is 1. The Labute approximate surface area is 116 Å². The van der Waals surface area contributed by atoms with E-state index in [9.17, 15) is 26.7 Å². The van der Waals surface area contributed by atoms with Gasteiger partial charge in [0.1, 0.15) is 5.84 Å². The first-order valence-corrected chi connectivity index (χ1v) is 5.96. The fourth-order valence-corrected chi connectivity index (χ4v) is 2.11. The van der Waals surface area contributed by atoms with Crippen molar-refractivity contribution >= 4 is 11.7 Å². The third kappa shape index (κ3) is 2.38. The number of alkyl halides is 5. The maximum absolute atomic E-state index is 13.4. The van der Waals surface area contributed by atoms with Gasteiger partial charge in [-0.05, 0) is 18.6 Å². The quantitative estimate of drug-likeness (QED) is 0.796. The second-order valence-electron chi connectivity index (χ2n) is 4.66. The highest BCUT2D eigenvalue weighted by Crippen LogP contribution is 2.44. The summed E-state index contributed by atoms with van der Waals surface area (Å²) in [6.07, 6.45) is -5.69. The minimum Gasteiger partial charge on any atom is -0.310 e. The van der Waals surface area contributed by atoms with Gasteiger partial charge in [-0.25, -0.2) is 0 Å². The van der Waals surface area contributed by atoms with E-state index in [0.29, 0.717) is 11.6 Å². The molecule has 0 aliphatic carbocycles. The molecule has 0 unspecified atom stereocenters. The van der Waals surface area contributed by atoms with Gasteiger partial charge in [0.25, 0.3) is 0 Å². The zero-order chi connectivity index (χ0) is 16.0. The number of amides is 1. The Bertz CT molecular complexity index is 621. The van der Waals surface area contributed by atoms with Gasteiger partial charge in [0.2, 0.25) is 5.91 Å². The van der Waals surface area contributed by atoms with E-state index in [4.69, 9.17) is 0 Å². The molecular formula is C13H11F5N2O. The predicted molar refractivity (Wildman–Crippen MR) is 65.4 cm³/mol. The van der Waals surface area contributed by atoms with Crippen LogP contribution in [0, 0.1) is 0 Å². The fraction of sp³-hybridized carbons (Fsp3) is 0.385. The summed E-state index contributed by atoms with van der Waals surface area (Å²) in [6.45, 7) is 1.43. The lowest BCUT2D eigenvalue weighted by Gasteiger charge is -2.26. The molecule has 1 aliphatic rings. The Hall–Kier alpha value is -1.99. The SMILES string of the molecule is CN=C1NC(=O)[C@@H](C)c2cc(C(F)(F)C(F)(F)F)ccc21. The molecule has 1 aromatic rings. The molecule has 0 aromatic heterocycles. The van der Waals surface area contributed by atoms with Crippen LogP contribution in [0.5, 0.6) is 0 Å². The van der Waals surface area contributed by atoms with Gasteiger partial charge >= 0.3 is 12.1 Å². The number of carbonyl (C=O) groups excluding carboxylic acids is 1. The number of nitrogens with one attached hydrogen (secondary N) is 1. The van der Waals surface area contributed by atoms with Crippen molar-refractivity contribution in [2.45, 2.75) is 24.9 Å². The van der Waals surface area contributed by atoms with Crippen LogP contribution in [-0.4, -0.2) is 25.0 Å². The largest absolute Gasteiger partial charge is 0.458 e. The molecule has 114 valence electrons. The normalized spacial score (nSPS) is 21.2. The molecule has 0 fully saturated rings. The second kappa shape index (κ2) is 4.78. The minimum atomic E-state index is -5.69. The van der Waals surface area contributed by atoms with Crippen LogP contribution in [0.25, 0.3) is 0 Å². The summed E-state index contributed by atoms with van der Waals surface area (Å²) in [5.41, 5.74) is -0.752. The van der Waals surface area contributed by atoms with Crippen LogP contribution in [0.4, 0.5) is 22.0 Å². The molecule has 1 aliphatic heterocycles. The smallest absolute Gasteiger partial charge is 0.310 e. The Morgan fingerprint density at radius 3 is 2.33 bits per heavy atom. The standard InChI is InChI=1S/C13H11F5N2O/c1-6-9-5-7(12(14,15)13(16,17)18)3-4-8(9)10(19-2)20-11(6)21/h3-6H,1-2H3,(H,19,20,21)/t6-/m0/s1. The van der Waals surface area contributed by atoms with E-state index < -0.39 is 29.5 Å². The summed E-state index contributed by atoms with van der Waals surface area (Å²) in [4.78, 5) is 15.5. The highest BCUT2D eigenvalue weighted by Gasteiger charge is 2.58. The number of halogens is 5. The highest BCUT2D eigenvalue weighted by molar-refractivity contribution is 6.14. The zero-order valence-corrected chi connectivity index (χ0v) is 11.1.